The topological polar surface area (TPSA) is 29.3 Å². The second kappa shape index (κ2) is 6.42. The number of likely N-dealkylation sites (N-methyl/N-ethyl adjacent to an activating group) is 1. The monoisotopic (exact) mass is 332 g/mol. The molecule has 3 heteroatoms. The van der Waals surface area contributed by atoms with Gasteiger partial charge in [0.05, 0.1) is 5.54 Å². The van der Waals surface area contributed by atoms with Crippen LogP contribution in [0.2, 0.25) is 0 Å². The van der Waals surface area contributed by atoms with Crippen LogP contribution in [0.25, 0.3) is 0 Å². The fraction of sp³-hybridized carbons (Fsp3) is 0.294. The molecule has 2 N–H and O–H groups in total. The normalized spacial score (nSPS) is 13.8. The molecule has 0 saturated heterocycles. The summed E-state index contributed by atoms with van der Waals surface area (Å²) in [5, 5.41) is 0. The van der Waals surface area contributed by atoms with Gasteiger partial charge in [0.25, 0.3) is 0 Å². The van der Waals surface area contributed by atoms with E-state index in [1.54, 1.807) is 0 Å². The molecule has 0 heterocycles. The maximum Gasteiger partial charge on any atom is 0.0533 e. The van der Waals surface area contributed by atoms with E-state index in [2.05, 4.69) is 83.3 Å². The van der Waals surface area contributed by atoms with Crippen molar-refractivity contribution < 1.29 is 0 Å². The molecule has 2 rings (SSSR count). The molecule has 0 bridgehead atoms. The summed E-state index contributed by atoms with van der Waals surface area (Å²) in [4.78, 5) is 2.27. The lowest BCUT2D eigenvalue weighted by atomic mass is 9.90. The molecule has 1 atom stereocenters. The SMILES string of the molecule is CN(c1ccccc1)C(C)(CN)Cc1ccc(Br)cc1. The Kier molecular flexibility index (Phi) is 4.84. The first-order valence-corrected chi connectivity index (χ1v) is 7.58. The molecule has 0 saturated carbocycles. The molecule has 0 amide bonds. The standard InChI is InChI=1S/C17H21BrN2/c1-17(13-19,12-14-8-10-15(18)11-9-14)20(2)16-6-4-3-5-7-16/h3-11H,12-13,19H2,1-2H3. The predicted octanol–water partition coefficient (Wildman–Crippen LogP) is 3.85. The lowest BCUT2D eigenvalue weighted by molar-refractivity contribution is 0.450. The molecule has 2 aromatic rings. The van der Waals surface area contributed by atoms with Crippen LogP contribution in [0.5, 0.6) is 0 Å². The third kappa shape index (κ3) is 3.41. The highest BCUT2D eigenvalue weighted by Gasteiger charge is 2.28. The van der Waals surface area contributed by atoms with Crippen molar-refractivity contribution in [3.05, 3.63) is 64.6 Å². The van der Waals surface area contributed by atoms with E-state index in [1.165, 1.54) is 11.3 Å². The molecule has 2 nitrogen and oxygen atoms in total. The van der Waals surface area contributed by atoms with Crippen LogP contribution in [0, 0.1) is 0 Å². The Labute approximate surface area is 129 Å². The van der Waals surface area contributed by atoms with E-state index >= 15 is 0 Å². The van der Waals surface area contributed by atoms with Gasteiger partial charge in [0.1, 0.15) is 0 Å². The second-order valence-corrected chi connectivity index (χ2v) is 6.31. The number of anilines is 1. The van der Waals surface area contributed by atoms with Crippen molar-refractivity contribution in [2.75, 3.05) is 18.5 Å². The highest BCUT2D eigenvalue weighted by Crippen LogP contribution is 2.25. The molecule has 0 aliphatic heterocycles. The van der Waals surface area contributed by atoms with Gasteiger partial charge >= 0.3 is 0 Å². The van der Waals surface area contributed by atoms with Crippen LogP contribution in [0.1, 0.15) is 12.5 Å². The van der Waals surface area contributed by atoms with Gasteiger partial charge < -0.3 is 10.6 Å². The third-order valence-corrected chi connectivity index (χ3v) is 4.42. The molecule has 0 aliphatic rings. The summed E-state index contributed by atoms with van der Waals surface area (Å²) in [5.74, 6) is 0. The molecule has 1 unspecified atom stereocenters. The minimum absolute atomic E-state index is 0.102. The molecule has 0 fully saturated rings. The van der Waals surface area contributed by atoms with E-state index in [0.717, 1.165) is 10.9 Å². The zero-order valence-electron chi connectivity index (χ0n) is 12.0. The largest absolute Gasteiger partial charge is 0.368 e. The average Bonchev–Trinajstić information content (AvgIpc) is 2.49. The van der Waals surface area contributed by atoms with Gasteiger partial charge in [0.15, 0.2) is 0 Å². The minimum Gasteiger partial charge on any atom is -0.368 e. The number of nitrogens with two attached hydrogens (primary N) is 1. The van der Waals surface area contributed by atoms with Crippen molar-refractivity contribution in [1.82, 2.24) is 0 Å². The van der Waals surface area contributed by atoms with Crippen LogP contribution >= 0.6 is 15.9 Å². The fourth-order valence-electron chi connectivity index (χ4n) is 2.33. The van der Waals surface area contributed by atoms with E-state index in [0.29, 0.717) is 6.54 Å². The van der Waals surface area contributed by atoms with Crippen LogP contribution in [0.15, 0.2) is 59.1 Å². The van der Waals surface area contributed by atoms with Gasteiger partial charge in [0, 0.05) is 23.8 Å². The van der Waals surface area contributed by atoms with E-state index < -0.39 is 0 Å². The maximum atomic E-state index is 6.07. The molecule has 20 heavy (non-hydrogen) atoms. The first-order chi connectivity index (χ1) is 9.55. The van der Waals surface area contributed by atoms with Crippen molar-refractivity contribution in [3.8, 4) is 0 Å². The van der Waals surface area contributed by atoms with E-state index in [9.17, 15) is 0 Å². The Balaban J connectivity index is 2.22. The molecule has 0 spiro atoms. The van der Waals surface area contributed by atoms with Gasteiger partial charge in [-0.05, 0) is 43.2 Å². The smallest absolute Gasteiger partial charge is 0.0533 e. The summed E-state index contributed by atoms with van der Waals surface area (Å²) in [5.41, 5.74) is 8.46. The molecular formula is C17H21BrN2. The van der Waals surface area contributed by atoms with Gasteiger partial charge in [0.2, 0.25) is 0 Å². The second-order valence-electron chi connectivity index (χ2n) is 5.40. The molecule has 0 aromatic heterocycles. The van der Waals surface area contributed by atoms with Gasteiger partial charge in [-0.2, -0.15) is 0 Å². The van der Waals surface area contributed by atoms with Crippen LogP contribution in [0.4, 0.5) is 5.69 Å². The maximum absolute atomic E-state index is 6.07. The summed E-state index contributed by atoms with van der Waals surface area (Å²) in [7, 11) is 2.11. The van der Waals surface area contributed by atoms with E-state index in [-0.39, 0.29) is 5.54 Å². The third-order valence-electron chi connectivity index (χ3n) is 3.89. The van der Waals surface area contributed by atoms with Crippen molar-refractivity contribution in [2.45, 2.75) is 18.9 Å². The highest BCUT2D eigenvalue weighted by atomic mass is 79.9. The summed E-state index contributed by atoms with van der Waals surface area (Å²) in [6.45, 7) is 2.82. The predicted molar refractivity (Wildman–Crippen MR) is 90.2 cm³/mol. The van der Waals surface area contributed by atoms with Crippen LogP contribution in [0.3, 0.4) is 0 Å². The van der Waals surface area contributed by atoms with Crippen LogP contribution in [-0.2, 0) is 6.42 Å². The van der Waals surface area contributed by atoms with Crippen molar-refractivity contribution in [3.63, 3.8) is 0 Å². The Hall–Kier alpha value is -1.32. The minimum atomic E-state index is -0.102. The molecule has 106 valence electrons. The number of benzene rings is 2. The van der Waals surface area contributed by atoms with Crippen LogP contribution in [-0.4, -0.2) is 19.1 Å². The Morgan fingerprint density at radius 3 is 2.20 bits per heavy atom. The lowest BCUT2D eigenvalue weighted by Crippen LogP contribution is -2.51. The first kappa shape index (κ1) is 15.1. The van der Waals surface area contributed by atoms with Gasteiger partial charge in [-0.3, -0.25) is 0 Å². The number of para-hydroxylation sites is 1. The van der Waals surface area contributed by atoms with Crippen LogP contribution < -0.4 is 10.6 Å². The Morgan fingerprint density at radius 1 is 1.05 bits per heavy atom. The quantitative estimate of drug-likeness (QED) is 0.901. The fourth-order valence-corrected chi connectivity index (χ4v) is 2.60. The molecular weight excluding hydrogens is 312 g/mol. The Bertz CT molecular complexity index is 539. The highest BCUT2D eigenvalue weighted by molar-refractivity contribution is 9.10. The number of hydrogen-bond donors (Lipinski definition) is 1. The summed E-state index contributed by atoms with van der Waals surface area (Å²) in [6, 6.07) is 18.8. The van der Waals surface area contributed by atoms with Crippen molar-refractivity contribution in [2.24, 2.45) is 5.73 Å². The zero-order chi connectivity index (χ0) is 14.6. The zero-order valence-corrected chi connectivity index (χ0v) is 13.6. The molecule has 0 aliphatic carbocycles. The van der Waals surface area contributed by atoms with Gasteiger partial charge in [-0.1, -0.05) is 46.3 Å². The number of rotatable bonds is 5. The Morgan fingerprint density at radius 2 is 1.65 bits per heavy atom. The van der Waals surface area contributed by atoms with E-state index in [1.807, 2.05) is 6.07 Å². The summed E-state index contributed by atoms with van der Waals surface area (Å²) >= 11 is 3.47. The lowest BCUT2D eigenvalue weighted by Gasteiger charge is -2.40. The number of hydrogen-bond acceptors (Lipinski definition) is 2. The van der Waals surface area contributed by atoms with E-state index in [4.69, 9.17) is 5.73 Å². The summed E-state index contributed by atoms with van der Waals surface area (Å²) in [6.07, 6.45) is 0.919. The van der Waals surface area contributed by atoms with Crippen molar-refractivity contribution in [1.29, 1.82) is 0 Å². The number of nitrogens with zero attached hydrogens (tertiary/aromatic N) is 1. The number of halogens is 1. The van der Waals surface area contributed by atoms with Gasteiger partial charge in [-0.25, -0.2) is 0 Å². The van der Waals surface area contributed by atoms with Gasteiger partial charge in [-0.15, -0.1) is 0 Å². The molecule has 0 radical (unpaired) electrons. The summed E-state index contributed by atoms with van der Waals surface area (Å²) < 4.78 is 1.10. The first-order valence-electron chi connectivity index (χ1n) is 6.78. The molecule has 2 aromatic carbocycles. The average molecular weight is 333 g/mol. The van der Waals surface area contributed by atoms with Crippen molar-refractivity contribution >= 4 is 21.6 Å².